The van der Waals surface area contributed by atoms with Crippen LogP contribution in [0.2, 0.25) is 0 Å². The summed E-state index contributed by atoms with van der Waals surface area (Å²) in [5.41, 5.74) is 6.88. The first-order chi connectivity index (χ1) is 4.61. The Labute approximate surface area is 67.8 Å². The molecule has 0 unspecified atom stereocenters. The lowest BCUT2D eigenvalue weighted by Crippen LogP contribution is -1.86. The molecule has 54 valence electrons. The highest BCUT2D eigenvalue weighted by Crippen LogP contribution is 2.30. The summed E-state index contributed by atoms with van der Waals surface area (Å²) in [6, 6.07) is 3.53. The molecule has 0 amide bonds. The number of aromatic hydroxyl groups is 1. The third-order valence-electron chi connectivity index (χ3n) is 1.24. The highest BCUT2D eigenvalue weighted by molar-refractivity contribution is 9.10. The van der Waals surface area contributed by atoms with Crippen LogP contribution in [0.25, 0.3) is 0 Å². The predicted molar refractivity (Wildman–Crippen MR) is 45.0 cm³/mol. The summed E-state index contributed by atoms with van der Waals surface area (Å²) in [7, 11) is 0. The van der Waals surface area contributed by atoms with Gasteiger partial charge in [-0.3, -0.25) is 0 Å². The third kappa shape index (κ3) is 1.24. The van der Waals surface area contributed by atoms with Crippen LogP contribution in [0.5, 0.6) is 5.75 Å². The number of rotatable bonds is 0. The molecule has 0 aliphatic heterocycles. The summed E-state index contributed by atoms with van der Waals surface area (Å²) in [5.74, 6) is 0.116. The van der Waals surface area contributed by atoms with Gasteiger partial charge in [0, 0.05) is 0 Å². The zero-order valence-corrected chi connectivity index (χ0v) is 7.14. The van der Waals surface area contributed by atoms with Gasteiger partial charge in [0.1, 0.15) is 0 Å². The van der Waals surface area contributed by atoms with E-state index in [-0.39, 0.29) is 5.75 Å². The van der Waals surface area contributed by atoms with Crippen LogP contribution in [0, 0.1) is 6.92 Å². The molecule has 1 aromatic rings. The molecule has 2 nitrogen and oxygen atoms in total. The highest BCUT2D eigenvalue weighted by Gasteiger charge is 2.01. The number of nitrogens with two attached hydrogens (primary N) is 1. The second-order valence-electron chi connectivity index (χ2n) is 2.18. The van der Waals surface area contributed by atoms with Crippen molar-refractivity contribution in [2.75, 3.05) is 5.73 Å². The minimum absolute atomic E-state index is 0.116. The quantitative estimate of drug-likeness (QED) is 0.499. The van der Waals surface area contributed by atoms with E-state index in [1.807, 2.05) is 13.0 Å². The van der Waals surface area contributed by atoms with Crippen molar-refractivity contribution < 1.29 is 5.11 Å². The van der Waals surface area contributed by atoms with Crippen molar-refractivity contribution in [2.24, 2.45) is 0 Å². The predicted octanol–water partition coefficient (Wildman–Crippen LogP) is 2.05. The molecule has 0 aromatic heterocycles. The number of halogens is 1. The summed E-state index contributed by atoms with van der Waals surface area (Å²) >= 11 is 3.17. The van der Waals surface area contributed by atoms with E-state index >= 15 is 0 Å². The standard InChI is InChI=1S/C7H8BrNO/c1-4-2-5(8)7(10)6(9)3-4/h2-3,10H,9H2,1H3. The summed E-state index contributed by atoms with van der Waals surface area (Å²) in [5, 5.41) is 9.16. The van der Waals surface area contributed by atoms with Gasteiger partial charge in [-0.05, 0) is 40.5 Å². The fourth-order valence-electron chi connectivity index (χ4n) is 0.761. The highest BCUT2D eigenvalue weighted by atomic mass is 79.9. The van der Waals surface area contributed by atoms with E-state index in [4.69, 9.17) is 10.8 Å². The molecule has 0 radical (unpaired) electrons. The average molecular weight is 202 g/mol. The van der Waals surface area contributed by atoms with Gasteiger partial charge in [0.2, 0.25) is 0 Å². The van der Waals surface area contributed by atoms with Gasteiger partial charge in [0.05, 0.1) is 10.2 Å². The first-order valence-corrected chi connectivity index (χ1v) is 3.65. The lowest BCUT2D eigenvalue weighted by molar-refractivity contribution is 0.474. The Bertz CT molecular complexity index is 237. The van der Waals surface area contributed by atoms with Crippen LogP contribution in [0.4, 0.5) is 5.69 Å². The van der Waals surface area contributed by atoms with Crippen molar-refractivity contribution in [3.63, 3.8) is 0 Å². The molecule has 0 atom stereocenters. The van der Waals surface area contributed by atoms with Crippen LogP contribution in [0.1, 0.15) is 5.56 Å². The van der Waals surface area contributed by atoms with Gasteiger partial charge in [0.15, 0.2) is 5.75 Å². The maximum atomic E-state index is 9.16. The number of benzene rings is 1. The maximum Gasteiger partial charge on any atom is 0.152 e. The van der Waals surface area contributed by atoms with Crippen molar-refractivity contribution in [1.29, 1.82) is 0 Å². The van der Waals surface area contributed by atoms with Gasteiger partial charge in [0.25, 0.3) is 0 Å². The summed E-state index contributed by atoms with van der Waals surface area (Å²) in [4.78, 5) is 0. The van der Waals surface area contributed by atoms with Crippen LogP contribution in [0.3, 0.4) is 0 Å². The molecular weight excluding hydrogens is 194 g/mol. The second-order valence-corrected chi connectivity index (χ2v) is 3.04. The van der Waals surface area contributed by atoms with Crippen LogP contribution >= 0.6 is 15.9 Å². The molecule has 1 rings (SSSR count). The average Bonchev–Trinajstić information content (AvgIpc) is 1.82. The van der Waals surface area contributed by atoms with Gasteiger partial charge in [-0.15, -0.1) is 0 Å². The lowest BCUT2D eigenvalue weighted by atomic mass is 10.2. The minimum atomic E-state index is 0.116. The SMILES string of the molecule is Cc1cc(N)c(O)c(Br)c1. The van der Waals surface area contributed by atoms with Crippen LogP contribution in [0.15, 0.2) is 16.6 Å². The second kappa shape index (κ2) is 2.50. The molecule has 0 bridgehead atoms. The fourth-order valence-corrected chi connectivity index (χ4v) is 1.35. The largest absolute Gasteiger partial charge is 0.505 e. The summed E-state index contributed by atoms with van der Waals surface area (Å²) < 4.78 is 0.644. The Hall–Kier alpha value is -0.700. The van der Waals surface area contributed by atoms with Gasteiger partial charge in [-0.1, -0.05) is 0 Å². The van der Waals surface area contributed by atoms with Gasteiger partial charge in [-0.25, -0.2) is 0 Å². The number of hydrogen-bond donors (Lipinski definition) is 2. The Morgan fingerprint density at radius 3 is 2.60 bits per heavy atom. The van der Waals surface area contributed by atoms with E-state index in [1.165, 1.54) is 0 Å². The third-order valence-corrected chi connectivity index (χ3v) is 1.84. The van der Waals surface area contributed by atoms with Gasteiger partial charge >= 0.3 is 0 Å². The minimum Gasteiger partial charge on any atom is -0.505 e. The molecule has 0 aliphatic rings. The number of nitrogen functional groups attached to an aromatic ring is 1. The topological polar surface area (TPSA) is 46.2 Å². The Kier molecular flexibility index (Phi) is 1.85. The molecule has 0 heterocycles. The molecule has 1 aromatic carbocycles. The van der Waals surface area contributed by atoms with Crippen molar-refractivity contribution in [1.82, 2.24) is 0 Å². The van der Waals surface area contributed by atoms with Crippen molar-refractivity contribution in [3.05, 3.63) is 22.2 Å². The fraction of sp³-hybridized carbons (Fsp3) is 0.143. The molecule has 3 heteroatoms. The van der Waals surface area contributed by atoms with E-state index in [2.05, 4.69) is 15.9 Å². The molecule has 10 heavy (non-hydrogen) atoms. The molecule has 0 spiro atoms. The number of hydrogen-bond acceptors (Lipinski definition) is 2. The molecule has 0 aliphatic carbocycles. The number of anilines is 1. The van der Waals surface area contributed by atoms with E-state index in [0.29, 0.717) is 10.2 Å². The first-order valence-electron chi connectivity index (χ1n) is 2.86. The summed E-state index contributed by atoms with van der Waals surface area (Å²) in [6.07, 6.45) is 0. The van der Waals surface area contributed by atoms with Gasteiger partial charge in [-0.2, -0.15) is 0 Å². The van der Waals surface area contributed by atoms with Gasteiger partial charge < -0.3 is 10.8 Å². The number of phenols is 1. The van der Waals surface area contributed by atoms with E-state index < -0.39 is 0 Å². The Morgan fingerprint density at radius 2 is 2.10 bits per heavy atom. The van der Waals surface area contributed by atoms with Crippen LogP contribution < -0.4 is 5.73 Å². The summed E-state index contributed by atoms with van der Waals surface area (Å²) in [6.45, 7) is 1.92. The maximum absolute atomic E-state index is 9.16. The molecule has 0 fully saturated rings. The molecular formula is C7H8BrNO. The van der Waals surface area contributed by atoms with E-state index in [0.717, 1.165) is 5.56 Å². The van der Waals surface area contributed by atoms with E-state index in [1.54, 1.807) is 6.07 Å². The van der Waals surface area contributed by atoms with Crippen LogP contribution in [-0.2, 0) is 0 Å². The van der Waals surface area contributed by atoms with Crippen molar-refractivity contribution in [2.45, 2.75) is 6.92 Å². The molecule has 0 saturated carbocycles. The smallest absolute Gasteiger partial charge is 0.152 e. The Morgan fingerprint density at radius 1 is 1.50 bits per heavy atom. The lowest BCUT2D eigenvalue weighted by Gasteiger charge is -2.01. The Balaban J connectivity index is 3.31. The first kappa shape index (κ1) is 7.41. The monoisotopic (exact) mass is 201 g/mol. The van der Waals surface area contributed by atoms with E-state index in [9.17, 15) is 0 Å². The van der Waals surface area contributed by atoms with Crippen LogP contribution in [-0.4, -0.2) is 5.11 Å². The molecule has 0 saturated heterocycles. The zero-order chi connectivity index (χ0) is 7.72. The normalized spacial score (nSPS) is 9.80. The number of aryl methyl sites for hydroxylation is 1. The van der Waals surface area contributed by atoms with Crippen molar-refractivity contribution >= 4 is 21.6 Å². The number of phenolic OH excluding ortho intramolecular Hbond substituents is 1. The van der Waals surface area contributed by atoms with Crippen molar-refractivity contribution in [3.8, 4) is 5.75 Å². The molecule has 3 N–H and O–H groups in total. The zero-order valence-electron chi connectivity index (χ0n) is 5.56.